The summed E-state index contributed by atoms with van der Waals surface area (Å²) in [7, 11) is 0. The molecular formula is C52H76O9. The molecule has 4 fully saturated rings. The molecule has 0 radical (unpaired) electrons. The summed E-state index contributed by atoms with van der Waals surface area (Å²) in [4.78, 5) is 48.1. The van der Waals surface area contributed by atoms with Crippen molar-refractivity contribution in [1.29, 1.82) is 0 Å². The lowest BCUT2D eigenvalue weighted by molar-refractivity contribution is -0.183. The molecule has 338 valence electrons. The smallest absolute Gasteiger partial charge is 0.385 e. The Bertz CT molecular complexity index is 1520. The molecule has 9 heteroatoms. The second-order valence-electron chi connectivity index (χ2n) is 17.8. The first-order valence-electron chi connectivity index (χ1n) is 24.0. The van der Waals surface area contributed by atoms with Crippen molar-refractivity contribution in [2.24, 2.45) is 5.41 Å². The third-order valence-corrected chi connectivity index (χ3v) is 13.3. The first kappa shape index (κ1) is 49.8. The molecule has 2 bridgehead atoms. The zero-order valence-corrected chi connectivity index (χ0v) is 37.3. The van der Waals surface area contributed by atoms with Crippen LogP contribution in [0.5, 0.6) is 0 Å². The van der Waals surface area contributed by atoms with Gasteiger partial charge in [0.25, 0.3) is 0 Å². The van der Waals surface area contributed by atoms with Crippen molar-refractivity contribution >= 4 is 23.9 Å². The van der Waals surface area contributed by atoms with Crippen molar-refractivity contribution in [1.82, 2.24) is 0 Å². The van der Waals surface area contributed by atoms with E-state index in [0.29, 0.717) is 70.4 Å². The third kappa shape index (κ3) is 18.9. The van der Waals surface area contributed by atoms with Gasteiger partial charge in [-0.25, -0.2) is 14.4 Å². The van der Waals surface area contributed by atoms with Gasteiger partial charge in [0.1, 0.15) is 5.60 Å². The molecule has 0 heterocycles. The van der Waals surface area contributed by atoms with Gasteiger partial charge >= 0.3 is 23.9 Å². The fraction of sp³-hybridized carbons (Fsp3) is 0.692. The predicted octanol–water partition coefficient (Wildman–Crippen LogP) is 11.7. The number of fused-ring (bicyclic) bond motifs is 3. The molecule has 0 aromatic heterocycles. The van der Waals surface area contributed by atoms with Crippen LogP contribution in [-0.4, -0.2) is 62.0 Å². The summed E-state index contributed by atoms with van der Waals surface area (Å²) in [5.41, 5.74) is 1.18. The van der Waals surface area contributed by atoms with Crippen LogP contribution in [0.25, 0.3) is 0 Å². The zero-order chi connectivity index (χ0) is 43.4. The fourth-order valence-corrected chi connectivity index (χ4v) is 9.27. The predicted molar refractivity (Wildman–Crippen MR) is 240 cm³/mol. The number of esters is 4. The largest absolute Gasteiger partial charge is 0.465 e. The molecule has 4 aliphatic carbocycles. The highest BCUT2D eigenvalue weighted by Crippen LogP contribution is 2.54. The SMILES string of the molecule is C=CC(=O)OCCCCCCCCCCCOC(=O)C12CCC(OC(=O)C#Cc3ccc(C4CCC(OCCCCCCCCCCCOC(=O)C=C)CC4)cc3)(CC1)CC2. The molecule has 0 amide bonds. The first-order valence-corrected chi connectivity index (χ1v) is 24.0. The number of hydrogen-bond acceptors (Lipinski definition) is 9. The van der Waals surface area contributed by atoms with Crippen LogP contribution < -0.4 is 0 Å². The summed E-state index contributed by atoms with van der Waals surface area (Å²) in [5, 5.41) is 0. The number of benzene rings is 1. The average Bonchev–Trinajstić information content (AvgIpc) is 3.29. The lowest BCUT2D eigenvalue weighted by Crippen LogP contribution is -2.52. The quantitative estimate of drug-likeness (QED) is 0.0245. The molecule has 5 rings (SSSR count). The van der Waals surface area contributed by atoms with Crippen LogP contribution in [0, 0.1) is 17.3 Å². The van der Waals surface area contributed by atoms with Gasteiger partial charge in [-0.2, -0.15) is 0 Å². The van der Waals surface area contributed by atoms with Gasteiger partial charge in [0, 0.05) is 30.2 Å². The van der Waals surface area contributed by atoms with Crippen LogP contribution in [0.15, 0.2) is 49.6 Å². The molecular weight excluding hydrogens is 769 g/mol. The summed E-state index contributed by atoms with van der Waals surface area (Å²) in [6.45, 7) is 9.11. The van der Waals surface area contributed by atoms with E-state index in [1.54, 1.807) is 0 Å². The third-order valence-electron chi connectivity index (χ3n) is 13.3. The summed E-state index contributed by atoms with van der Waals surface area (Å²) in [6, 6.07) is 8.34. The van der Waals surface area contributed by atoms with Gasteiger partial charge in [-0.05, 0) is 114 Å². The number of ether oxygens (including phenoxy) is 5. The van der Waals surface area contributed by atoms with Crippen molar-refractivity contribution in [2.75, 3.05) is 26.4 Å². The van der Waals surface area contributed by atoms with Crippen LogP contribution in [0.3, 0.4) is 0 Å². The van der Waals surface area contributed by atoms with Gasteiger partial charge in [-0.1, -0.05) is 121 Å². The van der Waals surface area contributed by atoms with E-state index >= 15 is 0 Å². The Hall–Kier alpha value is -3.90. The van der Waals surface area contributed by atoms with Gasteiger partial charge in [0.15, 0.2) is 0 Å². The topological polar surface area (TPSA) is 114 Å². The van der Waals surface area contributed by atoms with Crippen molar-refractivity contribution in [3.05, 3.63) is 60.7 Å². The molecule has 0 aliphatic heterocycles. The summed E-state index contributed by atoms with van der Waals surface area (Å²) in [5.74, 6) is 5.04. The van der Waals surface area contributed by atoms with Crippen molar-refractivity contribution in [3.63, 3.8) is 0 Å². The van der Waals surface area contributed by atoms with E-state index < -0.39 is 17.0 Å². The van der Waals surface area contributed by atoms with E-state index in [9.17, 15) is 19.2 Å². The normalized spacial score (nSPS) is 21.7. The van der Waals surface area contributed by atoms with E-state index in [1.807, 2.05) is 12.1 Å². The number of unbranched alkanes of at least 4 members (excludes halogenated alkanes) is 16. The maximum absolute atomic E-state index is 13.2. The average molecular weight is 845 g/mol. The molecule has 9 nitrogen and oxygen atoms in total. The van der Waals surface area contributed by atoms with Gasteiger partial charge in [0.05, 0.1) is 31.3 Å². The Kier molecular flexibility index (Phi) is 23.4. The number of carbonyl (C=O) groups is 4. The Morgan fingerprint density at radius 1 is 0.557 bits per heavy atom. The highest BCUT2D eigenvalue weighted by atomic mass is 16.6. The molecule has 61 heavy (non-hydrogen) atoms. The Morgan fingerprint density at radius 3 is 1.44 bits per heavy atom. The Labute approximate surface area is 367 Å². The molecule has 4 aliphatic rings. The molecule has 0 N–H and O–H groups in total. The number of hydrogen-bond donors (Lipinski definition) is 0. The Morgan fingerprint density at radius 2 is 0.984 bits per heavy atom. The van der Waals surface area contributed by atoms with E-state index in [1.165, 1.54) is 75.5 Å². The highest BCUT2D eigenvalue weighted by Gasteiger charge is 2.55. The number of carbonyl (C=O) groups excluding carboxylic acids is 4. The molecule has 0 saturated heterocycles. The standard InChI is InChI=1S/C52H76O9/c1-3-47(53)58-40-20-16-12-8-5-7-11-15-19-39-57-46-30-28-45(29-31-46)44-26-23-43(24-27-44)25-32-49(55)61-52-36-33-51(34-37-52,35-38-52)50(56)60-42-22-18-14-10-6-9-13-17-21-41-59-48(54)4-2/h3-4,23-24,26-27,45-46H,1-2,5-22,28-31,33-42H2. The number of rotatable bonds is 30. The minimum atomic E-state index is -0.521. The van der Waals surface area contributed by atoms with Gasteiger partial charge < -0.3 is 23.7 Å². The monoisotopic (exact) mass is 845 g/mol. The van der Waals surface area contributed by atoms with Gasteiger partial charge in [-0.3, -0.25) is 4.79 Å². The molecule has 0 unspecified atom stereocenters. The van der Waals surface area contributed by atoms with Crippen LogP contribution >= 0.6 is 0 Å². The van der Waals surface area contributed by atoms with E-state index in [-0.39, 0.29) is 17.9 Å². The van der Waals surface area contributed by atoms with Gasteiger partial charge in [0.2, 0.25) is 0 Å². The summed E-state index contributed by atoms with van der Waals surface area (Å²) < 4.78 is 28.1. The minimum Gasteiger partial charge on any atom is -0.465 e. The maximum Gasteiger partial charge on any atom is 0.385 e. The zero-order valence-electron chi connectivity index (χ0n) is 37.3. The van der Waals surface area contributed by atoms with Crippen LogP contribution in [0.2, 0.25) is 0 Å². The summed E-state index contributed by atoms with van der Waals surface area (Å²) >= 11 is 0. The molecule has 0 atom stereocenters. The van der Waals surface area contributed by atoms with Crippen molar-refractivity contribution < 1.29 is 42.9 Å². The Balaban J connectivity index is 0.995. The maximum atomic E-state index is 13.2. The van der Waals surface area contributed by atoms with E-state index in [2.05, 4.69) is 37.1 Å². The summed E-state index contributed by atoms with van der Waals surface area (Å²) in [6.07, 6.45) is 31.8. The molecule has 0 spiro atoms. The van der Waals surface area contributed by atoms with Crippen LogP contribution in [0.4, 0.5) is 0 Å². The lowest BCUT2D eigenvalue weighted by atomic mass is 9.58. The fourth-order valence-electron chi connectivity index (χ4n) is 9.27. The lowest BCUT2D eigenvalue weighted by Gasteiger charge is -2.50. The molecule has 4 saturated carbocycles. The second-order valence-corrected chi connectivity index (χ2v) is 17.8. The first-order chi connectivity index (χ1) is 29.8. The van der Waals surface area contributed by atoms with Crippen molar-refractivity contribution in [2.45, 2.75) is 197 Å². The minimum absolute atomic E-state index is 0.0731. The van der Waals surface area contributed by atoms with E-state index in [0.717, 1.165) is 95.6 Å². The van der Waals surface area contributed by atoms with E-state index in [4.69, 9.17) is 23.7 Å². The van der Waals surface area contributed by atoms with Crippen LogP contribution in [-0.2, 0) is 42.9 Å². The van der Waals surface area contributed by atoms with Crippen molar-refractivity contribution in [3.8, 4) is 11.8 Å². The molecule has 1 aromatic carbocycles. The highest BCUT2D eigenvalue weighted by molar-refractivity contribution is 5.89. The van der Waals surface area contributed by atoms with Gasteiger partial charge in [-0.15, -0.1) is 0 Å². The molecule has 1 aromatic rings. The second kappa shape index (κ2) is 28.7. The van der Waals surface area contributed by atoms with Crippen LogP contribution in [0.1, 0.15) is 197 Å².